The molecular formula is C24H34N2O2. The Morgan fingerprint density at radius 3 is 2.46 bits per heavy atom. The SMILES string of the molecule is CC(=O)C1=CCC=C(C(C)C)C1C.CCC(=O)c1nccc(CC)c1C=NC. The maximum Gasteiger partial charge on any atom is 0.181 e. The Balaban J connectivity index is 0.000000283. The highest BCUT2D eigenvalue weighted by Gasteiger charge is 2.21. The van der Waals surface area contributed by atoms with E-state index in [4.69, 9.17) is 0 Å². The molecule has 0 radical (unpaired) electrons. The molecule has 2 rings (SSSR count). The van der Waals surface area contributed by atoms with Crippen molar-refractivity contribution < 1.29 is 9.59 Å². The van der Waals surface area contributed by atoms with Gasteiger partial charge in [0.25, 0.3) is 0 Å². The largest absolute Gasteiger partial charge is 0.296 e. The van der Waals surface area contributed by atoms with Gasteiger partial charge in [-0.1, -0.05) is 52.3 Å². The summed E-state index contributed by atoms with van der Waals surface area (Å²) in [4.78, 5) is 31.0. The van der Waals surface area contributed by atoms with E-state index in [1.54, 1.807) is 26.4 Å². The van der Waals surface area contributed by atoms with E-state index in [1.807, 2.05) is 13.0 Å². The van der Waals surface area contributed by atoms with Crippen molar-refractivity contribution >= 4 is 17.8 Å². The van der Waals surface area contributed by atoms with Gasteiger partial charge in [-0.25, -0.2) is 0 Å². The molecule has 152 valence electrons. The van der Waals surface area contributed by atoms with E-state index in [1.165, 1.54) is 5.57 Å². The fourth-order valence-electron chi connectivity index (χ4n) is 3.52. The first-order chi connectivity index (χ1) is 13.3. The minimum absolute atomic E-state index is 0.0696. The summed E-state index contributed by atoms with van der Waals surface area (Å²) in [5, 5.41) is 0. The van der Waals surface area contributed by atoms with Crippen molar-refractivity contribution in [1.82, 2.24) is 4.98 Å². The molecule has 1 atom stereocenters. The molecule has 4 nitrogen and oxygen atoms in total. The summed E-state index contributed by atoms with van der Waals surface area (Å²) in [6.45, 7) is 12.1. The normalized spacial score (nSPS) is 16.4. The number of hydrogen-bond donors (Lipinski definition) is 0. The molecule has 1 aromatic rings. The van der Waals surface area contributed by atoms with Crippen molar-refractivity contribution in [2.24, 2.45) is 16.8 Å². The first-order valence-corrected chi connectivity index (χ1v) is 10.1. The number of ketones is 2. The summed E-state index contributed by atoms with van der Waals surface area (Å²) in [5.74, 6) is 1.17. The third-order valence-electron chi connectivity index (χ3n) is 5.04. The van der Waals surface area contributed by atoms with Crippen LogP contribution < -0.4 is 0 Å². The van der Waals surface area contributed by atoms with Crippen molar-refractivity contribution in [2.75, 3.05) is 7.05 Å². The molecule has 0 bridgehead atoms. The molecule has 28 heavy (non-hydrogen) atoms. The molecule has 0 spiro atoms. The van der Waals surface area contributed by atoms with E-state index >= 15 is 0 Å². The predicted octanol–water partition coefficient (Wildman–Crippen LogP) is 5.41. The van der Waals surface area contributed by atoms with Crippen LogP contribution in [0.2, 0.25) is 0 Å². The van der Waals surface area contributed by atoms with E-state index in [-0.39, 0.29) is 11.6 Å². The Morgan fingerprint density at radius 2 is 1.96 bits per heavy atom. The Morgan fingerprint density at radius 1 is 1.29 bits per heavy atom. The van der Waals surface area contributed by atoms with Gasteiger partial charge in [-0.15, -0.1) is 0 Å². The zero-order valence-electron chi connectivity index (χ0n) is 18.4. The average Bonchev–Trinajstić information content (AvgIpc) is 2.68. The number of carbonyl (C=O) groups excluding carboxylic acids is 2. The van der Waals surface area contributed by atoms with Crippen LogP contribution in [0.25, 0.3) is 0 Å². The van der Waals surface area contributed by atoms with Gasteiger partial charge in [0.1, 0.15) is 5.69 Å². The highest BCUT2D eigenvalue weighted by molar-refractivity contribution is 6.02. The summed E-state index contributed by atoms with van der Waals surface area (Å²) < 4.78 is 0. The molecule has 1 aliphatic rings. The van der Waals surface area contributed by atoms with Crippen LogP contribution in [0.15, 0.2) is 40.6 Å². The van der Waals surface area contributed by atoms with Crippen molar-refractivity contribution in [1.29, 1.82) is 0 Å². The minimum atomic E-state index is 0.0696. The zero-order valence-corrected chi connectivity index (χ0v) is 18.4. The maximum atomic E-state index is 11.7. The summed E-state index contributed by atoms with van der Waals surface area (Å²) in [6.07, 6.45) is 10.00. The fourth-order valence-corrected chi connectivity index (χ4v) is 3.52. The van der Waals surface area contributed by atoms with Gasteiger partial charge in [0.15, 0.2) is 11.6 Å². The molecule has 1 aromatic heterocycles. The molecule has 0 fully saturated rings. The Bertz CT molecular complexity index is 786. The number of allylic oxidation sites excluding steroid dienone is 4. The number of pyridine rings is 1. The second kappa shape index (κ2) is 11.5. The lowest BCUT2D eigenvalue weighted by Crippen LogP contribution is -2.16. The zero-order chi connectivity index (χ0) is 21.3. The number of Topliss-reactive ketones (excluding diaryl/α,β-unsaturated/α-hetero) is 2. The highest BCUT2D eigenvalue weighted by atomic mass is 16.1. The van der Waals surface area contributed by atoms with Gasteiger partial charge in [0.05, 0.1) is 0 Å². The smallest absolute Gasteiger partial charge is 0.181 e. The lowest BCUT2D eigenvalue weighted by atomic mass is 9.80. The Labute approximate surface area is 169 Å². The van der Waals surface area contributed by atoms with E-state index in [0.29, 0.717) is 24.0 Å². The summed E-state index contributed by atoms with van der Waals surface area (Å²) in [5.41, 5.74) is 4.93. The maximum absolute atomic E-state index is 11.7. The number of hydrogen-bond acceptors (Lipinski definition) is 4. The van der Waals surface area contributed by atoms with Crippen LogP contribution >= 0.6 is 0 Å². The fraction of sp³-hybridized carbons (Fsp3) is 0.500. The van der Waals surface area contributed by atoms with Crippen LogP contribution in [-0.2, 0) is 11.2 Å². The molecule has 4 heteroatoms. The first kappa shape index (κ1) is 23.7. The average molecular weight is 383 g/mol. The van der Waals surface area contributed by atoms with E-state index in [9.17, 15) is 9.59 Å². The number of aryl methyl sites for hydroxylation is 1. The number of aromatic nitrogens is 1. The van der Waals surface area contributed by atoms with Crippen molar-refractivity contribution in [3.05, 3.63) is 52.4 Å². The van der Waals surface area contributed by atoms with Crippen LogP contribution in [0.3, 0.4) is 0 Å². The lowest BCUT2D eigenvalue weighted by Gasteiger charge is -2.24. The number of rotatable bonds is 6. The summed E-state index contributed by atoms with van der Waals surface area (Å²) in [7, 11) is 1.70. The highest BCUT2D eigenvalue weighted by Crippen LogP contribution is 2.30. The van der Waals surface area contributed by atoms with Gasteiger partial charge >= 0.3 is 0 Å². The lowest BCUT2D eigenvalue weighted by molar-refractivity contribution is -0.114. The van der Waals surface area contributed by atoms with Gasteiger partial charge in [0, 0.05) is 37.4 Å². The van der Waals surface area contributed by atoms with Gasteiger partial charge in [-0.05, 0) is 42.9 Å². The van der Waals surface area contributed by atoms with Gasteiger partial charge in [-0.2, -0.15) is 0 Å². The predicted molar refractivity (Wildman–Crippen MR) is 117 cm³/mol. The van der Waals surface area contributed by atoms with Crippen LogP contribution in [-0.4, -0.2) is 29.8 Å². The number of aliphatic imine (C=N–C) groups is 1. The van der Waals surface area contributed by atoms with Crippen molar-refractivity contribution in [3.63, 3.8) is 0 Å². The minimum Gasteiger partial charge on any atom is -0.296 e. The second-order valence-corrected chi connectivity index (χ2v) is 7.28. The van der Waals surface area contributed by atoms with Crippen molar-refractivity contribution in [2.45, 2.75) is 60.8 Å². The van der Waals surface area contributed by atoms with Gasteiger partial charge < -0.3 is 0 Å². The van der Waals surface area contributed by atoms with Crippen LogP contribution in [0, 0.1) is 11.8 Å². The van der Waals surface area contributed by atoms with Crippen LogP contribution in [0.5, 0.6) is 0 Å². The molecular weight excluding hydrogens is 348 g/mol. The molecule has 0 saturated heterocycles. The van der Waals surface area contributed by atoms with Crippen molar-refractivity contribution in [3.8, 4) is 0 Å². The summed E-state index contributed by atoms with van der Waals surface area (Å²) in [6, 6.07) is 1.93. The van der Waals surface area contributed by atoms with E-state index in [0.717, 1.165) is 29.5 Å². The molecule has 0 aromatic carbocycles. The molecule has 0 amide bonds. The molecule has 0 N–H and O–H groups in total. The quantitative estimate of drug-likeness (QED) is 0.375. The van der Waals surface area contributed by atoms with Gasteiger partial charge in [-0.3, -0.25) is 19.6 Å². The molecule has 0 aliphatic heterocycles. The standard InChI is InChI=1S/C12H16N2O.C12H18O/c1-4-9-6-7-14-12(11(15)5-2)10(9)8-13-3;1-8(2)11-6-5-7-12(9(11)3)10(4)13/h6-8H,4-5H2,1-3H3;6-9H,5H2,1-4H3. The Kier molecular flexibility index (Phi) is 9.70. The van der Waals surface area contributed by atoms with Gasteiger partial charge in [0.2, 0.25) is 0 Å². The topological polar surface area (TPSA) is 59.4 Å². The molecule has 1 heterocycles. The molecule has 0 saturated carbocycles. The van der Waals surface area contributed by atoms with E-state index < -0.39 is 0 Å². The third-order valence-corrected chi connectivity index (χ3v) is 5.04. The number of carbonyl (C=O) groups is 2. The monoisotopic (exact) mass is 382 g/mol. The molecule has 1 unspecified atom stereocenters. The number of nitrogens with zero attached hydrogens (tertiary/aromatic N) is 2. The first-order valence-electron chi connectivity index (χ1n) is 10.1. The van der Waals surface area contributed by atoms with Crippen LogP contribution in [0.1, 0.15) is 76.0 Å². The third kappa shape index (κ3) is 6.08. The summed E-state index contributed by atoms with van der Waals surface area (Å²) >= 11 is 0. The Hall–Kier alpha value is -2.36. The van der Waals surface area contributed by atoms with E-state index in [2.05, 4.69) is 49.8 Å². The molecule has 1 aliphatic carbocycles. The van der Waals surface area contributed by atoms with Crippen LogP contribution in [0.4, 0.5) is 0 Å². The second-order valence-electron chi connectivity index (χ2n) is 7.28.